The maximum Gasteiger partial charge on any atom is 0.418 e. The van der Waals surface area contributed by atoms with Gasteiger partial charge in [-0.15, -0.1) is 0 Å². The molecule has 168 valence electrons. The summed E-state index contributed by atoms with van der Waals surface area (Å²) >= 11 is 0. The average Bonchev–Trinajstić information content (AvgIpc) is 3.49. The van der Waals surface area contributed by atoms with Crippen LogP contribution in [0.4, 0.5) is 24.5 Å². The minimum Gasteiger partial charge on any atom is -0.459 e. The molecule has 2 N–H and O–H groups in total. The molecule has 33 heavy (non-hydrogen) atoms. The standard InChI is InChI=1S/C23H17F3N4O3/c24-23(25,26)18-13-17(28-22(32)20-3-1-12-33-20)8-9-19(18)29-21(31)16-6-4-15(5-7-16)14-30-11-2-10-27-30/h1-13H,14H2,(H,28,32)(H,29,31). The minimum atomic E-state index is -4.76. The monoisotopic (exact) mass is 454 g/mol. The van der Waals surface area contributed by atoms with Crippen LogP contribution in [-0.4, -0.2) is 21.6 Å². The summed E-state index contributed by atoms with van der Waals surface area (Å²) in [4.78, 5) is 24.6. The van der Waals surface area contributed by atoms with E-state index in [2.05, 4.69) is 15.7 Å². The van der Waals surface area contributed by atoms with Gasteiger partial charge in [-0.25, -0.2) is 0 Å². The van der Waals surface area contributed by atoms with Crippen molar-refractivity contribution in [3.8, 4) is 0 Å². The Bertz CT molecular complexity index is 1250. The number of benzene rings is 2. The third kappa shape index (κ3) is 5.29. The molecule has 2 aromatic heterocycles. The van der Waals surface area contributed by atoms with E-state index >= 15 is 0 Å². The number of rotatable bonds is 6. The van der Waals surface area contributed by atoms with Crippen LogP contribution >= 0.6 is 0 Å². The van der Waals surface area contributed by atoms with E-state index in [4.69, 9.17) is 4.42 Å². The summed E-state index contributed by atoms with van der Waals surface area (Å²) in [6, 6.07) is 14.2. The van der Waals surface area contributed by atoms with Gasteiger partial charge in [-0.2, -0.15) is 18.3 Å². The summed E-state index contributed by atoms with van der Waals surface area (Å²) in [5, 5.41) is 8.74. The highest BCUT2D eigenvalue weighted by Gasteiger charge is 2.34. The zero-order valence-corrected chi connectivity index (χ0v) is 17.0. The molecular weight excluding hydrogens is 437 g/mol. The third-order valence-electron chi connectivity index (χ3n) is 4.70. The summed E-state index contributed by atoms with van der Waals surface area (Å²) in [5.74, 6) is -1.43. The number of furan rings is 1. The molecule has 0 aliphatic rings. The third-order valence-corrected chi connectivity index (χ3v) is 4.70. The molecule has 0 spiro atoms. The molecular formula is C23H17F3N4O3. The smallest absolute Gasteiger partial charge is 0.418 e. The highest BCUT2D eigenvalue weighted by atomic mass is 19.4. The summed E-state index contributed by atoms with van der Waals surface area (Å²) in [5.41, 5.74) is -0.539. The highest BCUT2D eigenvalue weighted by Crippen LogP contribution is 2.37. The van der Waals surface area contributed by atoms with Gasteiger partial charge in [-0.05, 0) is 54.1 Å². The Balaban J connectivity index is 1.50. The molecule has 0 aliphatic heterocycles. The van der Waals surface area contributed by atoms with Crippen LogP contribution < -0.4 is 10.6 Å². The summed E-state index contributed by atoms with van der Waals surface area (Å²) < 4.78 is 47.5. The molecule has 0 fully saturated rings. The number of nitrogens with one attached hydrogen (secondary N) is 2. The zero-order valence-electron chi connectivity index (χ0n) is 17.0. The second-order valence-electron chi connectivity index (χ2n) is 7.04. The van der Waals surface area contributed by atoms with Gasteiger partial charge in [0.05, 0.1) is 24.1 Å². The number of aromatic nitrogens is 2. The molecule has 0 unspecified atom stereocenters. The number of hydrogen-bond acceptors (Lipinski definition) is 4. The Morgan fingerprint density at radius 1 is 0.970 bits per heavy atom. The van der Waals surface area contributed by atoms with Gasteiger partial charge in [0.1, 0.15) is 0 Å². The maximum atomic E-state index is 13.6. The van der Waals surface area contributed by atoms with Gasteiger partial charge < -0.3 is 15.1 Å². The number of anilines is 2. The minimum absolute atomic E-state index is 0.0445. The number of nitrogens with zero attached hydrogens (tertiary/aromatic N) is 2. The van der Waals surface area contributed by atoms with Crippen molar-refractivity contribution in [1.82, 2.24) is 9.78 Å². The van der Waals surface area contributed by atoms with E-state index in [9.17, 15) is 22.8 Å². The van der Waals surface area contributed by atoms with E-state index in [1.54, 1.807) is 35.3 Å². The summed E-state index contributed by atoms with van der Waals surface area (Å²) in [6.45, 7) is 0.498. The quantitative estimate of drug-likeness (QED) is 0.427. The molecule has 4 aromatic rings. The van der Waals surface area contributed by atoms with Crippen LogP contribution in [0.5, 0.6) is 0 Å². The van der Waals surface area contributed by atoms with Gasteiger partial charge in [0.15, 0.2) is 5.76 Å². The Kier molecular flexibility index (Phi) is 5.99. The number of hydrogen-bond donors (Lipinski definition) is 2. The molecule has 0 saturated heterocycles. The van der Waals surface area contributed by atoms with Crippen molar-refractivity contribution in [1.29, 1.82) is 0 Å². The lowest BCUT2D eigenvalue weighted by molar-refractivity contribution is -0.136. The summed E-state index contributed by atoms with van der Waals surface area (Å²) in [6.07, 6.45) is -0.0476. The topological polar surface area (TPSA) is 89.2 Å². The second-order valence-corrected chi connectivity index (χ2v) is 7.04. The van der Waals surface area contributed by atoms with Crippen LogP contribution in [0.3, 0.4) is 0 Å². The predicted octanol–water partition coefficient (Wildman–Crippen LogP) is 5.05. The lowest BCUT2D eigenvalue weighted by Gasteiger charge is -2.16. The van der Waals surface area contributed by atoms with Crippen LogP contribution in [-0.2, 0) is 12.7 Å². The average molecular weight is 454 g/mol. The van der Waals surface area contributed by atoms with Crippen molar-refractivity contribution >= 4 is 23.2 Å². The molecule has 0 saturated carbocycles. The fourth-order valence-corrected chi connectivity index (χ4v) is 3.10. The molecule has 7 nitrogen and oxygen atoms in total. The Morgan fingerprint density at radius 3 is 2.39 bits per heavy atom. The number of halogens is 3. The van der Waals surface area contributed by atoms with E-state index in [0.717, 1.165) is 17.7 Å². The number of alkyl halides is 3. The van der Waals surface area contributed by atoms with Gasteiger partial charge in [-0.1, -0.05) is 12.1 Å². The molecule has 0 bridgehead atoms. The first-order chi connectivity index (χ1) is 15.8. The van der Waals surface area contributed by atoms with Crippen LogP contribution in [0.25, 0.3) is 0 Å². The molecule has 0 aliphatic carbocycles. The van der Waals surface area contributed by atoms with Crippen LogP contribution in [0.15, 0.2) is 83.7 Å². The predicted molar refractivity (Wildman–Crippen MR) is 114 cm³/mol. The first-order valence-electron chi connectivity index (χ1n) is 9.73. The van der Waals surface area contributed by atoms with Gasteiger partial charge in [0.25, 0.3) is 11.8 Å². The lowest BCUT2D eigenvalue weighted by Crippen LogP contribution is -2.18. The first-order valence-corrected chi connectivity index (χ1v) is 9.73. The van der Waals surface area contributed by atoms with E-state index in [1.807, 2.05) is 0 Å². The normalized spacial score (nSPS) is 11.2. The van der Waals surface area contributed by atoms with E-state index in [0.29, 0.717) is 6.54 Å². The number of carbonyl (C=O) groups excluding carboxylic acids is 2. The van der Waals surface area contributed by atoms with Gasteiger partial charge in [-0.3, -0.25) is 14.3 Å². The number of amides is 2. The molecule has 10 heteroatoms. The van der Waals surface area contributed by atoms with Crippen LogP contribution in [0, 0.1) is 0 Å². The maximum absolute atomic E-state index is 13.6. The molecule has 0 radical (unpaired) electrons. The van der Waals surface area contributed by atoms with Crippen molar-refractivity contribution in [3.63, 3.8) is 0 Å². The Hall–Kier alpha value is -4.34. The fraction of sp³-hybridized carbons (Fsp3) is 0.0870. The van der Waals surface area contributed by atoms with E-state index in [-0.39, 0.29) is 17.0 Å². The van der Waals surface area contributed by atoms with E-state index in [1.165, 1.54) is 36.6 Å². The Labute approximate surface area is 185 Å². The fourth-order valence-electron chi connectivity index (χ4n) is 3.10. The molecule has 2 heterocycles. The molecule has 0 atom stereocenters. The molecule has 2 aromatic carbocycles. The molecule has 4 rings (SSSR count). The van der Waals surface area contributed by atoms with Crippen molar-refractivity contribution in [2.45, 2.75) is 12.7 Å². The summed E-state index contributed by atoms with van der Waals surface area (Å²) in [7, 11) is 0. The second kappa shape index (κ2) is 9.03. The van der Waals surface area contributed by atoms with Crippen LogP contribution in [0.1, 0.15) is 32.0 Å². The lowest BCUT2D eigenvalue weighted by atomic mass is 10.1. The first kappa shape index (κ1) is 21.9. The van der Waals surface area contributed by atoms with Crippen molar-refractivity contribution < 1.29 is 27.2 Å². The van der Waals surface area contributed by atoms with Gasteiger partial charge >= 0.3 is 6.18 Å². The Morgan fingerprint density at radius 2 is 1.76 bits per heavy atom. The van der Waals surface area contributed by atoms with Gasteiger partial charge in [0, 0.05) is 23.6 Å². The highest BCUT2D eigenvalue weighted by molar-refractivity contribution is 6.05. The van der Waals surface area contributed by atoms with Gasteiger partial charge in [0.2, 0.25) is 0 Å². The number of carbonyl (C=O) groups is 2. The SMILES string of the molecule is O=C(Nc1ccc(NC(=O)c2ccco2)cc1C(F)(F)F)c1ccc(Cn2cccn2)cc1. The van der Waals surface area contributed by atoms with Crippen molar-refractivity contribution in [2.75, 3.05) is 10.6 Å². The van der Waals surface area contributed by atoms with Crippen molar-refractivity contribution in [2.24, 2.45) is 0 Å². The van der Waals surface area contributed by atoms with Crippen LogP contribution in [0.2, 0.25) is 0 Å². The molecule has 2 amide bonds. The zero-order chi connectivity index (χ0) is 23.4. The largest absolute Gasteiger partial charge is 0.459 e. The van der Waals surface area contributed by atoms with E-state index < -0.39 is 29.2 Å². The van der Waals surface area contributed by atoms with Crippen molar-refractivity contribution in [3.05, 3.63) is 102 Å².